The Morgan fingerprint density at radius 3 is 2.60 bits per heavy atom. The highest BCUT2D eigenvalue weighted by Crippen LogP contribution is 2.17. The lowest BCUT2D eigenvalue weighted by atomic mass is 10.1. The first-order chi connectivity index (χ1) is 14.2. The van der Waals surface area contributed by atoms with Crippen LogP contribution in [-0.2, 0) is 17.9 Å². The van der Waals surface area contributed by atoms with E-state index in [2.05, 4.69) is 21.8 Å². The topological polar surface area (TPSA) is 96.3 Å². The van der Waals surface area contributed by atoms with E-state index in [0.717, 1.165) is 17.5 Å². The molecule has 0 aliphatic carbocycles. The number of hydrogen-bond acceptors (Lipinski definition) is 4. The van der Waals surface area contributed by atoms with Gasteiger partial charge in [-0.15, -0.1) is 0 Å². The number of hydrogen-bond donors (Lipinski definition) is 2. The lowest BCUT2D eigenvalue weighted by Crippen LogP contribution is -2.46. The Kier molecular flexibility index (Phi) is 6.54. The second-order valence-corrected chi connectivity index (χ2v) is 8.07. The molecule has 8 nitrogen and oxygen atoms in total. The van der Waals surface area contributed by atoms with E-state index in [1.165, 1.54) is 6.07 Å². The van der Waals surface area contributed by atoms with Gasteiger partial charge in [0.2, 0.25) is 5.91 Å². The molecule has 3 amide bonds. The number of nitrogens with one attached hydrogen (secondary N) is 2. The molecule has 0 spiro atoms. The smallest absolute Gasteiger partial charge is 0.272 e. The summed E-state index contributed by atoms with van der Waals surface area (Å²) in [6, 6.07) is 8.88. The van der Waals surface area contributed by atoms with E-state index in [1.807, 2.05) is 39.0 Å². The van der Waals surface area contributed by atoms with Gasteiger partial charge in [0, 0.05) is 31.7 Å². The summed E-state index contributed by atoms with van der Waals surface area (Å²) < 4.78 is 1.59. The SMILES string of the molecule is Cc1cccc(CN2CCCn3nc(C(=O)N[C@@H](C)C(=O)NC(C)C)cc3C2=O)c1. The summed E-state index contributed by atoms with van der Waals surface area (Å²) in [5, 5.41) is 9.72. The van der Waals surface area contributed by atoms with E-state index in [4.69, 9.17) is 0 Å². The number of fused-ring (bicyclic) bond motifs is 1. The summed E-state index contributed by atoms with van der Waals surface area (Å²) >= 11 is 0. The number of benzene rings is 1. The molecule has 2 N–H and O–H groups in total. The minimum Gasteiger partial charge on any atom is -0.352 e. The minimum absolute atomic E-state index is 0.0162. The van der Waals surface area contributed by atoms with Crippen LogP contribution in [0.25, 0.3) is 0 Å². The first-order valence-corrected chi connectivity index (χ1v) is 10.3. The van der Waals surface area contributed by atoms with Gasteiger partial charge in [0.25, 0.3) is 11.8 Å². The van der Waals surface area contributed by atoms with Gasteiger partial charge in [-0.2, -0.15) is 5.10 Å². The molecule has 0 fully saturated rings. The van der Waals surface area contributed by atoms with Crippen molar-refractivity contribution in [3.8, 4) is 0 Å². The third-order valence-electron chi connectivity index (χ3n) is 4.94. The number of aromatic nitrogens is 2. The highest BCUT2D eigenvalue weighted by atomic mass is 16.2. The van der Waals surface area contributed by atoms with Gasteiger partial charge in [-0.1, -0.05) is 29.8 Å². The van der Waals surface area contributed by atoms with E-state index in [1.54, 1.807) is 16.5 Å². The van der Waals surface area contributed by atoms with Crippen LogP contribution in [0.2, 0.25) is 0 Å². The molecule has 1 atom stereocenters. The number of amides is 3. The fourth-order valence-electron chi connectivity index (χ4n) is 3.47. The quantitative estimate of drug-likeness (QED) is 0.759. The Labute approximate surface area is 176 Å². The third-order valence-corrected chi connectivity index (χ3v) is 4.94. The minimum atomic E-state index is -0.699. The molecular weight excluding hydrogens is 382 g/mol. The lowest BCUT2D eigenvalue weighted by Gasteiger charge is -2.20. The highest BCUT2D eigenvalue weighted by Gasteiger charge is 2.27. The van der Waals surface area contributed by atoms with Crippen LogP contribution in [0, 0.1) is 6.92 Å². The average molecular weight is 412 g/mol. The van der Waals surface area contributed by atoms with Crippen molar-refractivity contribution in [2.24, 2.45) is 0 Å². The van der Waals surface area contributed by atoms with Crippen LogP contribution >= 0.6 is 0 Å². The van der Waals surface area contributed by atoms with Crippen molar-refractivity contribution in [3.63, 3.8) is 0 Å². The van der Waals surface area contributed by atoms with Gasteiger partial charge in [0.05, 0.1) is 0 Å². The van der Waals surface area contributed by atoms with E-state index in [9.17, 15) is 14.4 Å². The number of nitrogens with zero attached hydrogens (tertiary/aromatic N) is 3. The molecule has 1 aromatic heterocycles. The predicted octanol–water partition coefficient (Wildman–Crippen LogP) is 1.88. The molecule has 30 heavy (non-hydrogen) atoms. The fraction of sp³-hybridized carbons (Fsp3) is 0.455. The molecule has 2 aromatic rings. The second kappa shape index (κ2) is 9.11. The molecule has 0 unspecified atom stereocenters. The van der Waals surface area contributed by atoms with Gasteiger partial charge >= 0.3 is 0 Å². The van der Waals surface area contributed by atoms with Crippen LogP contribution in [0.3, 0.4) is 0 Å². The number of aryl methyl sites for hydroxylation is 2. The molecule has 3 rings (SSSR count). The fourth-order valence-corrected chi connectivity index (χ4v) is 3.47. The molecule has 160 valence electrons. The third kappa shape index (κ3) is 5.06. The number of carbonyl (C=O) groups is 3. The van der Waals surface area contributed by atoms with Gasteiger partial charge in [0.15, 0.2) is 5.69 Å². The van der Waals surface area contributed by atoms with Gasteiger partial charge in [-0.05, 0) is 39.7 Å². The molecule has 0 radical (unpaired) electrons. The Balaban J connectivity index is 1.72. The summed E-state index contributed by atoms with van der Waals surface area (Å²) in [6.07, 6.45) is 0.750. The monoisotopic (exact) mass is 411 g/mol. The summed E-state index contributed by atoms with van der Waals surface area (Å²) in [4.78, 5) is 39.5. The predicted molar refractivity (Wildman–Crippen MR) is 113 cm³/mol. The van der Waals surface area contributed by atoms with Gasteiger partial charge < -0.3 is 15.5 Å². The standard InChI is InChI=1S/C22H29N5O3/c1-14(2)23-20(28)16(4)24-21(29)18-12-19-22(30)26(9-6-10-27(19)25-18)13-17-8-5-7-15(3)11-17/h5,7-8,11-12,14,16H,6,9-10,13H2,1-4H3,(H,23,28)(H,24,29)/t16-/m0/s1. The van der Waals surface area contributed by atoms with Crippen molar-refractivity contribution >= 4 is 17.7 Å². The molecular formula is C22H29N5O3. The Morgan fingerprint density at radius 1 is 1.13 bits per heavy atom. The van der Waals surface area contributed by atoms with Crippen molar-refractivity contribution in [3.05, 3.63) is 52.8 Å². The van der Waals surface area contributed by atoms with Crippen LogP contribution in [-0.4, -0.2) is 51.0 Å². The van der Waals surface area contributed by atoms with E-state index in [-0.39, 0.29) is 23.6 Å². The molecule has 8 heteroatoms. The van der Waals surface area contributed by atoms with Crippen LogP contribution < -0.4 is 10.6 Å². The maximum absolute atomic E-state index is 13.1. The van der Waals surface area contributed by atoms with E-state index < -0.39 is 11.9 Å². The first-order valence-electron chi connectivity index (χ1n) is 10.3. The van der Waals surface area contributed by atoms with Crippen LogP contribution in [0.1, 0.15) is 59.3 Å². The molecule has 1 aromatic carbocycles. The van der Waals surface area contributed by atoms with Crippen molar-refractivity contribution in [1.82, 2.24) is 25.3 Å². The van der Waals surface area contributed by atoms with Crippen molar-refractivity contribution in [2.45, 2.75) is 59.3 Å². The highest BCUT2D eigenvalue weighted by molar-refractivity contribution is 5.99. The summed E-state index contributed by atoms with van der Waals surface area (Å²) in [7, 11) is 0. The van der Waals surface area contributed by atoms with Gasteiger partial charge in [0.1, 0.15) is 11.7 Å². The van der Waals surface area contributed by atoms with Crippen molar-refractivity contribution in [2.75, 3.05) is 6.54 Å². The average Bonchev–Trinajstić information content (AvgIpc) is 3.04. The molecule has 1 aliphatic rings. The van der Waals surface area contributed by atoms with Crippen LogP contribution in [0.5, 0.6) is 0 Å². The zero-order valence-corrected chi connectivity index (χ0v) is 17.9. The van der Waals surface area contributed by atoms with Gasteiger partial charge in [-0.3, -0.25) is 19.1 Å². The van der Waals surface area contributed by atoms with Crippen LogP contribution in [0.4, 0.5) is 0 Å². The zero-order chi connectivity index (χ0) is 21.8. The largest absolute Gasteiger partial charge is 0.352 e. The second-order valence-electron chi connectivity index (χ2n) is 8.07. The lowest BCUT2D eigenvalue weighted by molar-refractivity contribution is -0.123. The van der Waals surface area contributed by atoms with E-state index >= 15 is 0 Å². The van der Waals surface area contributed by atoms with Crippen molar-refractivity contribution < 1.29 is 14.4 Å². The summed E-state index contributed by atoms with van der Waals surface area (Å²) in [5.41, 5.74) is 2.75. The Morgan fingerprint density at radius 2 is 1.90 bits per heavy atom. The number of rotatable bonds is 6. The van der Waals surface area contributed by atoms with Crippen molar-refractivity contribution in [1.29, 1.82) is 0 Å². The first kappa shape index (κ1) is 21.5. The maximum atomic E-state index is 13.1. The summed E-state index contributed by atoms with van der Waals surface area (Å²) in [5.74, 6) is -0.884. The molecule has 1 aliphatic heterocycles. The zero-order valence-electron chi connectivity index (χ0n) is 17.9. The molecule has 0 bridgehead atoms. The Bertz CT molecular complexity index is 950. The van der Waals surface area contributed by atoms with Crippen LogP contribution in [0.15, 0.2) is 30.3 Å². The Hall–Kier alpha value is -3.16. The summed E-state index contributed by atoms with van der Waals surface area (Å²) in [6.45, 7) is 9.05. The normalized spacial score (nSPS) is 14.8. The van der Waals surface area contributed by atoms with E-state index in [0.29, 0.717) is 25.3 Å². The molecule has 0 saturated heterocycles. The number of carbonyl (C=O) groups excluding carboxylic acids is 3. The molecule has 2 heterocycles. The maximum Gasteiger partial charge on any atom is 0.272 e. The van der Waals surface area contributed by atoms with Gasteiger partial charge in [-0.25, -0.2) is 0 Å². The molecule has 0 saturated carbocycles.